The van der Waals surface area contributed by atoms with E-state index in [2.05, 4.69) is 10.5 Å². The number of anilines is 1. The summed E-state index contributed by atoms with van der Waals surface area (Å²) in [7, 11) is -4.03. The minimum atomic E-state index is -4.03. The van der Waals surface area contributed by atoms with Gasteiger partial charge >= 0.3 is 0 Å². The summed E-state index contributed by atoms with van der Waals surface area (Å²) in [6.45, 7) is 0.731. The van der Waals surface area contributed by atoms with Crippen LogP contribution >= 0.6 is 0 Å². The summed E-state index contributed by atoms with van der Waals surface area (Å²) in [6, 6.07) is 7.27. The Balaban J connectivity index is 1.93. The number of hydrazone groups is 1. The van der Waals surface area contributed by atoms with E-state index in [1.807, 2.05) is 0 Å². The first-order valence-electron chi connectivity index (χ1n) is 8.46. The maximum atomic E-state index is 13.0. The molecular weight excluding hydrogens is 404 g/mol. The van der Waals surface area contributed by atoms with Gasteiger partial charge in [-0.15, -0.1) is 0 Å². The highest BCUT2D eigenvalue weighted by Gasteiger charge is 2.30. The molecule has 3 N–H and O–H groups in total. The lowest BCUT2D eigenvalue weighted by Gasteiger charge is -2.26. The number of rotatable bonds is 6. The third-order valence-corrected chi connectivity index (χ3v) is 6.11. The average Bonchev–Trinajstić information content (AvgIpc) is 2.70. The van der Waals surface area contributed by atoms with Crippen LogP contribution in [0.25, 0.3) is 0 Å². The molecule has 0 amide bonds. The second-order valence-electron chi connectivity index (χ2n) is 6.07. The Kier molecular flexibility index (Phi) is 5.96. The zero-order chi connectivity index (χ0) is 21.0. The van der Waals surface area contributed by atoms with Crippen LogP contribution in [0.2, 0.25) is 0 Å². The van der Waals surface area contributed by atoms with Crippen LogP contribution in [0.5, 0.6) is 11.5 Å². The molecule has 0 spiro atoms. The number of ether oxygens (including phenoxy) is 1. The van der Waals surface area contributed by atoms with E-state index in [0.717, 1.165) is 18.2 Å². The molecule has 1 heterocycles. The smallest absolute Gasteiger partial charge is 0.270 e. The Morgan fingerprint density at radius 3 is 2.55 bits per heavy atom. The van der Waals surface area contributed by atoms with Gasteiger partial charge in [0.25, 0.3) is 5.69 Å². The number of sulfonamides is 1. The Bertz CT molecular complexity index is 1050. The number of phenols is 2. The first-order valence-corrected chi connectivity index (χ1v) is 9.90. The highest BCUT2D eigenvalue weighted by molar-refractivity contribution is 7.89. The van der Waals surface area contributed by atoms with Gasteiger partial charge in [-0.05, 0) is 18.2 Å². The van der Waals surface area contributed by atoms with Gasteiger partial charge in [0.2, 0.25) is 10.0 Å². The highest BCUT2D eigenvalue weighted by atomic mass is 32.2. The Morgan fingerprint density at radius 2 is 1.90 bits per heavy atom. The molecule has 0 radical (unpaired) electrons. The topological polar surface area (TPSA) is 155 Å². The van der Waals surface area contributed by atoms with E-state index < -0.39 is 14.9 Å². The van der Waals surface area contributed by atoms with Gasteiger partial charge in [0.05, 0.1) is 30.0 Å². The van der Waals surface area contributed by atoms with Crippen LogP contribution in [-0.4, -0.2) is 60.4 Å². The van der Waals surface area contributed by atoms with Gasteiger partial charge in [0.15, 0.2) is 0 Å². The van der Waals surface area contributed by atoms with Gasteiger partial charge in [-0.3, -0.25) is 15.5 Å². The van der Waals surface area contributed by atoms with Crippen molar-refractivity contribution < 1.29 is 28.3 Å². The van der Waals surface area contributed by atoms with Crippen LogP contribution in [0, 0.1) is 10.1 Å². The molecule has 3 rings (SSSR count). The lowest BCUT2D eigenvalue weighted by atomic mass is 10.2. The first-order chi connectivity index (χ1) is 13.8. The van der Waals surface area contributed by atoms with Crippen LogP contribution in [0.4, 0.5) is 11.4 Å². The van der Waals surface area contributed by atoms with Gasteiger partial charge in [-0.1, -0.05) is 0 Å². The molecule has 0 aliphatic carbocycles. The molecule has 2 aromatic carbocycles. The molecule has 0 atom stereocenters. The molecule has 1 saturated heterocycles. The molecule has 1 aliphatic heterocycles. The largest absolute Gasteiger partial charge is 0.508 e. The molecule has 29 heavy (non-hydrogen) atoms. The number of nitro benzene ring substituents is 1. The molecule has 154 valence electrons. The second kappa shape index (κ2) is 8.43. The molecule has 1 aliphatic rings. The van der Waals surface area contributed by atoms with Crippen molar-refractivity contribution in [2.75, 3.05) is 31.7 Å². The van der Waals surface area contributed by atoms with Crippen molar-refractivity contribution in [1.82, 2.24) is 4.31 Å². The molecule has 0 unspecified atom stereocenters. The van der Waals surface area contributed by atoms with Gasteiger partial charge < -0.3 is 14.9 Å². The number of phenolic OH excluding ortho intramolecular Hbond substituents is 2. The number of hydrogen-bond acceptors (Lipinski definition) is 9. The predicted octanol–water partition coefficient (Wildman–Crippen LogP) is 1.47. The first kappa shape index (κ1) is 20.5. The fraction of sp³-hybridized carbons (Fsp3) is 0.235. The zero-order valence-electron chi connectivity index (χ0n) is 15.1. The number of benzene rings is 2. The van der Waals surface area contributed by atoms with Crippen molar-refractivity contribution in [3.63, 3.8) is 0 Å². The molecular formula is C17H18N4O7S. The molecule has 0 saturated carbocycles. The Hall–Kier alpha value is -3.22. The van der Waals surface area contributed by atoms with Crippen LogP contribution < -0.4 is 5.43 Å². The monoisotopic (exact) mass is 422 g/mol. The minimum Gasteiger partial charge on any atom is -0.508 e. The van der Waals surface area contributed by atoms with E-state index in [1.165, 1.54) is 28.7 Å². The van der Waals surface area contributed by atoms with Crippen molar-refractivity contribution in [2.45, 2.75) is 4.90 Å². The van der Waals surface area contributed by atoms with Gasteiger partial charge in [-0.2, -0.15) is 9.41 Å². The zero-order valence-corrected chi connectivity index (χ0v) is 15.9. The number of nitro groups is 1. The summed E-state index contributed by atoms with van der Waals surface area (Å²) >= 11 is 0. The third kappa shape index (κ3) is 4.62. The number of hydrogen-bond donors (Lipinski definition) is 3. The van der Waals surface area contributed by atoms with Crippen LogP contribution in [-0.2, 0) is 14.8 Å². The maximum absolute atomic E-state index is 13.0. The number of aromatic hydroxyl groups is 2. The van der Waals surface area contributed by atoms with Crippen molar-refractivity contribution in [1.29, 1.82) is 0 Å². The normalized spacial score (nSPS) is 15.4. The molecule has 0 bridgehead atoms. The molecule has 2 aromatic rings. The van der Waals surface area contributed by atoms with Crippen LogP contribution in [0.1, 0.15) is 5.56 Å². The predicted molar refractivity (Wildman–Crippen MR) is 104 cm³/mol. The second-order valence-corrected chi connectivity index (χ2v) is 7.97. The molecule has 1 fully saturated rings. The number of morpholine rings is 1. The van der Waals surface area contributed by atoms with Gasteiger partial charge in [0, 0.05) is 36.9 Å². The summed E-state index contributed by atoms with van der Waals surface area (Å²) in [5.41, 5.74) is 2.49. The van der Waals surface area contributed by atoms with E-state index in [9.17, 15) is 28.7 Å². The maximum Gasteiger partial charge on any atom is 0.270 e. The summed E-state index contributed by atoms with van der Waals surface area (Å²) in [5.74, 6) is -0.345. The van der Waals surface area contributed by atoms with Crippen LogP contribution in [0.15, 0.2) is 46.4 Å². The van der Waals surface area contributed by atoms with Crippen molar-refractivity contribution in [3.05, 3.63) is 52.1 Å². The van der Waals surface area contributed by atoms with E-state index in [1.54, 1.807) is 0 Å². The van der Waals surface area contributed by atoms with Gasteiger partial charge in [-0.25, -0.2) is 8.42 Å². The quantitative estimate of drug-likeness (QED) is 0.359. The van der Waals surface area contributed by atoms with Crippen molar-refractivity contribution in [2.24, 2.45) is 5.10 Å². The van der Waals surface area contributed by atoms with E-state index in [4.69, 9.17) is 4.74 Å². The SMILES string of the molecule is O=[N+]([O-])c1ccc(N/N=C/c2ccc(O)cc2O)c(S(=O)(=O)N2CCOCC2)c1. The Labute approximate surface area is 166 Å². The summed E-state index contributed by atoms with van der Waals surface area (Å²) < 4.78 is 32.3. The average molecular weight is 422 g/mol. The van der Waals surface area contributed by atoms with Gasteiger partial charge in [0.1, 0.15) is 16.4 Å². The Morgan fingerprint density at radius 1 is 1.17 bits per heavy atom. The highest BCUT2D eigenvalue weighted by Crippen LogP contribution is 2.29. The van der Waals surface area contributed by atoms with Crippen LogP contribution in [0.3, 0.4) is 0 Å². The molecule has 0 aromatic heterocycles. The lowest BCUT2D eigenvalue weighted by Crippen LogP contribution is -2.40. The lowest BCUT2D eigenvalue weighted by molar-refractivity contribution is -0.385. The summed E-state index contributed by atoms with van der Waals surface area (Å²) in [5, 5.41) is 34.1. The summed E-state index contributed by atoms with van der Waals surface area (Å²) in [4.78, 5) is 10.1. The minimum absolute atomic E-state index is 0.0385. The number of non-ortho nitro benzene ring substituents is 1. The molecule has 12 heteroatoms. The molecule has 11 nitrogen and oxygen atoms in total. The fourth-order valence-corrected chi connectivity index (χ4v) is 4.24. The van der Waals surface area contributed by atoms with E-state index in [0.29, 0.717) is 0 Å². The number of nitrogens with one attached hydrogen (secondary N) is 1. The van der Waals surface area contributed by atoms with E-state index >= 15 is 0 Å². The number of nitrogens with zero attached hydrogens (tertiary/aromatic N) is 3. The third-order valence-electron chi connectivity index (χ3n) is 4.17. The standard InChI is InChI=1S/C17H18N4O7S/c22-14-3-1-12(16(23)10-14)11-18-19-15-4-2-13(21(24)25)9-17(15)29(26,27)20-5-7-28-8-6-20/h1-4,9-11,19,22-23H,5-8H2/b18-11+. The van der Waals surface area contributed by atoms with Crippen molar-refractivity contribution >= 4 is 27.6 Å². The van der Waals surface area contributed by atoms with Crippen molar-refractivity contribution in [3.8, 4) is 11.5 Å². The fourth-order valence-electron chi connectivity index (χ4n) is 2.67. The van der Waals surface area contributed by atoms with E-state index in [-0.39, 0.29) is 59.6 Å². The summed E-state index contributed by atoms with van der Waals surface area (Å²) in [6.07, 6.45) is 1.22.